The van der Waals surface area contributed by atoms with Gasteiger partial charge in [0, 0.05) is 17.3 Å². The van der Waals surface area contributed by atoms with Crippen molar-refractivity contribution in [1.82, 2.24) is 5.32 Å². The van der Waals surface area contributed by atoms with Crippen molar-refractivity contribution in [2.75, 3.05) is 5.32 Å². The largest absolute Gasteiger partial charge is 0.349 e. The van der Waals surface area contributed by atoms with Crippen LogP contribution in [-0.2, 0) is 4.79 Å². The maximum absolute atomic E-state index is 13.3. The van der Waals surface area contributed by atoms with Gasteiger partial charge in [-0.15, -0.1) is 0 Å². The molecule has 5 aliphatic rings. The predicted octanol–water partition coefficient (Wildman–Crippen LogP) is 4.90. The van der Waals surface area contributed by atoms with Gasteiger partial charge in [0.25, 0.3) is 5.91 Å². The quantitative estimate of drug-likeness (QED) is 0.780. The standard InChI is InChI=1S/C24H32N2O2/c27-22(25-20-6-2-1-3-7-20)19-5-4-8-21(12-19)26-23(28)24-13-16-9-17(14-24)11-18(10-16)15-24/h4-5,8,12,16-18,20H,1-3,6-7,9-11,13-15H2,(H,25,27)(H,26,28). The van der Waals surface area contributed by atoms with E-state index in [2.05, 4.69) is 10.6 Å². The Kier molecular flexibility index (Phi) is 4.68. The molecule has 4 nitrogen and oxygen atoms in total. The number of nitrogens with one attached hydrogen (secondary N) is 2. The van der Waals surface area contributed by atoms with E-state index in [-0.39, 0.29) is 17.2 Å². The Morgan fingerprint density at radius 3 is 2.18 bits per heavy atom. The van der Waals surface area contributed by atoms with E-state index < -0.39 is 0 Å². The summed E-state index contributed by atoms with van der Waals surface area (Å²) in [5, 5.41) is 6.35. The number of carbonyl (C=O) groups excluding carboxylic acids is 2. The van der Waals surface area contributed by atoms with Gasteiger partial charge in [0.2, 0.25) is 5.91 Å². The van der Waals surface area contributed by atoms with E-state index >= 15 is 0 Å². The van der Waals surface area contributed by atoms with E-state index in [4.69, 9.17) is 0 Å². The number of rotatable bonds is 4. The number of carbonyl (C=O) groups is 2. The van der Waals surface area contributed by atoms with E-state index in [0.717, 1.165) is 55.5 Å². The first-order chi connectivity index (χ1) is 13.6. The number of anilines is 1. The third-order valence-corrected chi connectivity index (χ3v) is 7.84. The summed E-state index contributed by atoms with van der Waals surface area (Å²) < 4.78 is 0. The van der Waals surface area contributed by atoms with Crippen LogP contribution in [0, 0.1) is 23.2 Å². The van der Waals surface area contributed by atoms with E-state index in [1.54, 1.807) is 0 Å². The molecule has 150 valence electrons. The monoisotopic (exact) mass is 380 g/mol. The molecule has 5 aliphatic carbocycles. The van der Waals surface area contributed by atoms with Crippen LogP contribution >= 0.6 is 0 Å². The molecule has 1 aromatic rings. The van der Waals surface area contributed by atoms with Gasteiger partial charge in [-0.25, -0.2) is 0 Å². The van der Waals surface area contributed by atoms with Crippen LogP contribution in [0.15, 0.2) is 24.3 Å². The molecular formula is C24H32N2O2. The van der Waals surface area contributed by atoms with Crippen molar-refractivity contribution in [2.24, 2.45) is 23.2 Å². The summed E-state index contributed by atoms with van der Waals surface area (Å²) in [4.78, 5) is 25.9. The Hall–Kier alpha value is -1.84. The van der Waals surface area contributed by atoms with E-state index in [1.807, 2.05) is 24.3 Å². The first kappa shape index (κ1) is 18.2. The van der Waals surface area contributed by atoms with Gasteiger partial charge in [-0.3, -0.25) is 9.59 Å². The zero-order valence-corrected chi connectivity index (χ0v) is 16.7. The maximum atomic E-state index is 13.3. The van der Waals surface area contributed by atoms with Crippen LogP contribution in [-0.4, -0.2) is 17.9 Å². The average molecular weight is 381 g/mol. The highest BCUT2D eigenvalue weighted by Crippen LogP contribution is 2.60. The molecule has 4 bridgehead atoms. The summed E-state index contributed by atoms with van der Waals surface area (Å²) in [6.07, 6.45) is 13.0. The summed E-state index contributed by atoms with van der Waals surface area (Å²) >= 11 is 0. The minimum atomic E-state index is -0.158. The highest BCUT2D eigenvalue weighted by molar-refractivity contribution is 5.99. The van der Waals surface area contributed by atoms with Crippen LogP contribution in [0.2, 0.25) is 0 Å². The Morgan fingerprint density at radius 1 is 0.893 bits per heavy atom. The number of benzene rings is 1. The molecule has 5 fully saturated rings. The molecule has 0 radical (unpaired) electrons. The molecule has 4 heteroatoms. The first-order valence-electron chi connectivity index (χ1n) is 11.3. The second-order valence-corrected chi connectivity index (χ2v) is 10.0. The van der Waals surface area contributed by atoms with Gasteiger partial charge >= 0.3 is 0 Å². The number of hydrogen-bond donors (Lipinski definition) is 2. The molecule has 5 saturated carbocycles. The molecule has 6 rings (SSSR count). The fourth-order valence-corrected chi connectivity index (χ4v) is 6.91. The molecule has 2 amide bonds. The summed E-state index contributed by atoms with van der Waals surface area (Å²) in [6.45, 7) is 0. The van der Waals surface area contributed by atoms with Crippen molar-refractivity contribution in [1.29, 1.82) is 0 Å². The fraction of sp³-hybridized carbons (Fsp3) is 0.667. The molecule has 0 unspecified atom stereocenters. The molecule has 2 N–H and O–H groups in total. The van der Waals surface area contributed by atoms with Crippen molar-refractivity contribution < 1.29 is 9.59 Å². The zero-order chi connectivity index (χ0) is 19.1. The van der Waals surface area contributed by atoms with E-state index in [0.29, 0.717) is 11.6 Å². The first-order valence-corrected chi connectivity index (χ1v) is 11.3. The van der Waals surface area contributed by atoms with Gasteiger partial charge in [-0.2, -0.15) is 0 Å². The Balaban J connectivity index is 1.26. The van der Waals surface area contributed by atoms with Crippen LogP contribution in [0.3, 0.4) is 0 Å². The molecule has 28 heavy (non-hydrogen) atoms. The van der Waals surface area contributed by atoms with E-state index in [1.165, 1.54) is 38.5 Å². The molecule has 0 aromatic heterocycles. The van der Waals surface area contributed by atoms with Crippen molar-refractivity contribution in [3.05, 3.63) is 29.8 Å². The summed E-state index contributed by atoms with van der Waals surface area (Å²) in [5.74, 6) is 2.44. The predicted molar refractivity (Wildman–Crippen MR) is 110 cm³/mol. The smallest absolute Gasteiger partial charge is 0.251 e. The maximum Gasteiger partial charge on any atom is 0.251 e. The molecule has 0 atom stereocenters. The minimum absolute atomic E-state index is 0.0159. The lowest BCUT2D eigenvalue weighted by molar-refractivity contribution is -0.140. The third-order valence-electron chi connectivity index (χ3n) is 7.84. The molecular weight excluding hydrogens is 348 g/mol. The van der Waals surface area contributed by atoms with Crippen molar-refractivity contribution in [2.45, 2.75) is 76.7 Å². The lowest BCUT2D eigenvalue weighted by Gasteiger charge is -2.55. The van der Waals surface area contributed by atoms with Crippen molar-refractivity contribution >= 4 is 17.5 Å². The summed E-state index contributed by atoms with van der Waals surface area (Å²) in [7, 11) is 0. The molecule has 0 heterocycles. The van der Waals surface area contributed by atoms with Crippen molar-refractivity contribution in [3.8, 4) is 0 Å². The van der Waals surface area contributed by atoms with Crippen LogP contribution < -0.4 is 10.6 Å². The Labute approximate surface area is 167 Å². The SMILES string of the molecule is O=C(NC1CCCCC1)c1cccc(NC(=O)C23CC4CC(CC(C4)C2)C3)c1. The molecule has 0 spiro atoms. The molecule has 1 aromatic carbocycles. The van der Waals surface area contributed by atoms with Gasteiger partial charge < -0.3 is 10.6 Å². The third kappa shape index (κ3) is 3.46. The normalized spacial score (nSPS) is 34.2. The number of hydrogen-bond acceptors (Lipinski definition) is 2. The van der Waals surface area contributed by atoms with Gasteiger partial charge in [-0.1, -0.05) is 25.3 Å². The van der Waals surface area contributed by atoms with Crippen molar-refractivity contribution in [3.63, 3.8) is 0 Å². The average Bonchev–Trinajstić information content (AvgIpc) is 2.68. The highest BCUT2D eigenvalue weighted by atomic mass is 16.2. The Morgan fingerprint density at radius 2 is 1.54 bits per heavy atom. The fourth-order valence-electron chi connectivity index (χ4n) is 6.91. The number of amides is 2. The highest BCUT2D eigenvalue weighted by Gasteiger charge is 2.54. The zero-order valence-electron chi connectivity index (χ0n) is 16.7. The molecule has 0 aliphatic heterocycles. The summed E-state index contributed by atoms with van der Waals surface area (Å²) in [5.41, 5.74) is 1.25. The van der Waals surface area contributed by atoms with E-state index in [9.17, 15) is 9.59 Å². The second kappa shape index (κ2) is 7.20. The summed E-state index contributed by atoms with van der Waals surface area (Å²) in [6, 6.07) is 7.78. The topological polar surface area (TPSA) is 58.2 Å². The molecule has 0 saturated heterocycles. The minimum Gasteiger partial charge on any atom is -0.349 e. The van der Waals surface area contributed by atoms with Gasteiger partial charge in [0.05, 0.1) is 5.41 Å². The Bertz CT molecular complexity index is 730. The van der Waals surface area contributed by atoms with Crippen LogP contribution in [0.1, 0.15) is 81.0 Å². The van der Waals surface area contributed by atoms with Gasteiger partial charge in [0.15, 0.2) is 0 Å². The van der Waals surface area contributed by atoms with Crippen LogP contribution in [0.4, 0.5) is 5.69 Å². The van der Waals surface area contributed by atoms with Gasteiger partial charge in [-0.05, 0) is 87.3 Å². The lowest BCUT2D eigenvalue weighted by Crippen LogP contribution is -2.51. The van der Waals surface area contributed by atoms with Crippen LogP contribution in [0.25, 0.3) is 0 Å². The second-order valence-electron chi connectivity index (χ2n) is 10.0. The lowest BCUT2D eigenvalue weighted by atomic mass is 9.49. The van der Waals surface area contributed by atoms with Gasteiger partial charge in [0.1, 0.15) is 0 Å². The van der Waals surface area contributed by atoms with Crippen LogP contribution in [0.5, 0.6) is 0 Å².